The Hall–Kier alpha value is -3.37. The molecule has 1 atom stereocenters. The van der Waals surface area contributed by atoms with Crippen molar-refractivity contribution >= 4 is 66.7 Å². The largest absolute Gasteiger partial charge is 0.350 e. The Kier molecular flexibility index (Phi) is 11.6. The number of nitrogens with one attached hydrogen (secondary N) is 1. The molecule has 11 heteroatoms. The number of hydrogen-bond acceptors (Lipinski definition) is 4. The monoisotopic (exact) mass is 743 g/mol. The lowest BCUT2D eigenvalue weighted by Crippen LogP contribution is -2.56. The van der Waals surface area contributed by atoms with Gasteiger partial charge in [-0.05, 0) is 81.3 Å². The van der Waals surface area contributed by atoms with Crippen LogP contribution in [0.4, 0.5) is 5.69 Å². The van der Waals surface area contributed by atoms with Crippen LogP contribution in [0.25, 0.3) is 0 Å². The highest BCUT2D eigenvalue weighted by Crippen LogP contribution is 2.29. The molecule has 4 aromatic carbocycles. The minimum atomic E-state index is -4.22. The lowest BCUT2D eigenvalue weighted by molar-refractivity contribution is -0.140. The zero-order valence-corrected chi connectivity index (χ0v) is 29.9. The second-order valence-corrected chi connectivity index (χ2v) is 15.6. The third kappa shape index (κ3) is 9.35. The van der Waals surface area contributed by atoms with E-state index < -0.39 is 34.1 Å². The predicted octanol–water partition coefficient (Wildman–Crippen LogP) is 7.81. The van der Waals surface area contributed by atoms with Crippen molar-refractivity contribution in [1.82, 2.24) is 10.2 Å². The predicted molar refractivity (Wildman–Crippen MR) is 189 cm³/mol. The zero-order valence-electron chi connectivity index (χ0n) is 26.0. The van der Waals surface area contributed by atoms with Gasteiger partial charge in [0.1, 0.15) is 12.6 Å². The number of benzene rings is 4. The molecule has 0 saturated heterocycles. The molecule has 0 radical (unpaired) electrons. The van der Waals surface area contributed by atoms with Gasteiger partial charge in [-0.1, -0.05) is 99.3 Å². The van der Waals surface area contributed by atoms with E-state index in [0.29, 0.717) is 20.1 Å². The third-order valence-electron chi connectivity index (χ3n) is 7.11. The maximum absolute atomic E-state index is 14.6. The molecule has 1 N–H and O–H groups in total. The van der Waals surface area contributed by atoms with Gasteiger partial charge < -0.3 is 10.2 Å². The highest BCUT2D eigenvalue weighted by atomic mass is 79.9. The summed E-state index contributed by atoms with van der Waals surface area (Å²) in [5.41, 5.74) is 1.95. The van der Waals surface area contributed by atoms with Crippen LogP contribution >= 0.6 is 39.1 Å². The van der Waals surface area contributed by atoms with E-state index in [2.05, 4.69) is 21.2 Å². The molecule has 4 aromatic rings. The van der Waals surface area contributed by atoms with E-state index >= 15 is 0 Å². The Morgan fingerprint density at radius 1 is 0.891 bits per heavy atom. The Bertz CT molecular complexity index is 1800. The third-order valence-corrected chi connectivity index (χ3v) is 9.98. The van der Waals surface area contributed by atoms with Crippen molar-refractivity contribution in [2.24, 2.45) is 0 Å². The average Bonchev–Trinajstić information content (AvgIpc) is 2.98. The lowest BCUT2D eigenvalue weighted by atomic mass is 10.0. The Balaban J connectivity index is 1.84. The van der Waals surface area contributed by atoms with Crippen molar-refractivity contribution in [3.05, 3.63) is 128 Å². The second-order valence-electron chi connectivity index (χ2n) is 12.0. The minimum Gasteiger partial charge on any atom is -0.350 e. The normalized spacial score (nSPS) is 12.3. The molecule has 7 nitrogen and oxygen atoms in total. The summed E-state index contributed by atoms with van der Waals surface area (Å²) in [5, 5.41) is 3.75. The van der Waals surface area contributed by atoms with Gasteiger partial charge in [-0.25, -0.2) is 8.42 Å². The van der Waals surface area contributed by atoms with Gasteiger partial charge in [0.05, 0.1) is 10.6 Å². The van der Waals surface area contributed by atoms with E-state index in [9.17, 15) is 18.0 Å². The van der Waals surface area contributed by atoms with Gasteiger partial charge >= 0.3 is 0 Å². The number of aryl methyl sites for hydroxylation is 1. The number of carbonyl (C=O) groups is 2. The molecule has 0 unspecified atom stereocenters. The van der Waals surface area contributed by atoms with Crippen LogP contribution in [0.2, 0.25) is 10.0 Å². The Morgan fingerprint density at radius 2 is 1.57 bits per heavy atom. The Labute approximate surface area is 289 Å². The molecular weight excluding hydrogens is 709 g/mol. The quantitative estimate of drug-likeness (QED) is 0.170. The molecule has 0 aliphatic carbocycles. The van der Waals surface area contributed by atoms with Crippen molar-refractivity contribution in [1.29, 1.82) is 0 Å². The first kappa shape index (κ1) is 35.5. The van der Waals surface area contributed by atoms with Crippen molar-refractivity contribution in [2.75, 3.05) is 10.8 Å². The number of sulfonamides is 1. The summed E-state index contributed by atoms with van der Waals surface area (Å²) in [6, 6.07) is 26.4. The fraction of sp³-hybridized carbons (Fsp3) is 0.257. The summed E-state index contributed by atoms with van der Waals surface area (Å²) in [4.78, 5) is 30.0. The maximum atomic E-state index is 14.6. The molecule has 0 fully saturated rings. The van der Waals surface area contributed by atoms with Crippen LogP contribution in [-0.4, -0.2) is 43.3 Å². The zero-order chi connectivity index (χ0) is 33.6. The summed E-state index contributed by atoms with van der Waals surface area (Å²) in [7, 11) is -4.22. The second kappa shape index (κ2) is 15.0. The van der Waals surface area contributed by atoms with Crippen LogP contribution < -0.4 is 9.62 Å². The van der Waals surface area contributed by atoms with Crippen molar-refractivity contribution < 1.29 is 18.0 Å². The Morgan fingerprint density at radius 3 is 2.17 bits per heavy atom. The average molecular weight is 746 g/mol. The topological polar surface area (TPSA) is 86.8 Å². The molecule has 0 heterocycles. The number of nitrogens with zero attached hydrogens (tertiary/aromatic N) is 2. The highest BCUT2D eigenvalue weighted by Gasteiger charge is 2.36. The fourth-order valence-electron chi connectivity index (χ4n) is 4.84. The highest BCUT2D eigenvalue weighted by molar-refractivity contribution is 9.10. The number of amides is 2. The van der Waals surface area contributed by atoms with Crippen molar-refractivity contribution in [2.45, 2.75) is 57.1 Å². The molecule has 4 rings (SSSR count). The smallest absolute Gasteiger partial charge is 0.264 e. The minimum absolute atomic E-state index is 0.0319. The molecule has 46 heavy (non-hydrogen) atoms. The SMILES string of the molecule is Cc1ccc(S(=O)(=O)N(CC(=O)N(Cc2ccc(Cl)cc2Cl)[C@@H](Cc2ccccc2)C(=O)NC(C)(C)C)c2cccc(Br)c2)cc1. The number of halogens is 3. The van der Waals surface area contributed by atoms with Gasteiger partial charge in [0.25, 0.3) is 10.0 Å². The molecule has 0 aliphatic heterocycles. The maximum Gasteiger partial charge on any atom is 0.264 e. The van der Waals surface area contributed by atoms with Crippen LogP contribution in [0.5, 0.6) is 0 Å². The molecule has 0 bridgehead atoms. The number of rotatable bonds is 11. The summed E-state index contributed by atoms with van der Waals surface area (Å²) in [6.45, 7) is 6.79. The van der Waals surface area contributed by atoms with Gasteiger partial charge in [0.2, 0.25) is 11.8 Å². The van der Waals surface area contributed by atoms with Crippen LogP contribution in [-0.2, 0) is 32.6 Å². The molecule has 0 aliphatic rings. The number of carbonyl (C=O) groups excluding carboxylic acids is 2. The van der Waals surface area contributed by atoms with Crippen LogP contribution in [0, 0.1) is 6.92 Å². The van der Waals surface area contributed by atoms with E-state index in [1.165, 1.54) is 17.0 Å². The van der Waals surface area contributed by atoms with Gasteiger partial charge in [0, 0.05) is 33.0 Å². The van der Waals surface area contributed by atoms with Crippen LogP contribution in [0.15, 0.2) is 106 Å². The standard InChI is InChI=1S/C35H36BrCl2N3O4S/c1-24-13-17-30(18-14-24)46(44,45)41(29-12-8-11-27(36)20-29)23-33(42)40(22-26-15-16-28(37)21-31(26)38)32(34(43)39-35(2,3)4)19-25-9-6-5-7-10-25/h5-18,20-21,32H,19,22-23H2,1-4H3,(H,39,43)/t32-/m0/s1. The summed E-state index contributed by atoms with van der Waals surface area (Å²) in [6.07, 6.45) is 0.182. The first-order valence-electron chi connectivity index (χ1n) is 14.6. The molecule has 0 saturated carbocycles. The van der Waals surface area contributed by atoms with Crippen LogP contribution in [0.1, 0.15) is 37.5 Å². The lowest BCUT2D eigenvalue weighted by Gasteiger charge is -2.35. The van der Waals surface area contributed by atoms with Crippen LogP contribution in [0.3, 0.4) is 0 Å². The number of hydrogen-bond donors (Lipinski definition) is 1. The van der Waals surface area contributed by atoms with Gasteiger partial charge in [-0.3, -0.25) is 13.9 Å². The number of anilines is 1. The van der Waals surface area contributed by atoms with Gasteiger partial charge in [-0.15, -0.1) is 0 Å². The molecule has 0 aromatic heterocycles. The van der Waals surface area contributed by atoms with Gasteiger partial charge in [0.15, 0.2) is 0 Å². The van der Waals surface area contributed by atoms with E-state index in [-0.39, 0.29) is 29.5 Å². The van der Waals surface area contributed by atoms with E-state index in [0.717, 1.165) is 15.4 Å². The van der Waals surface area contributed by atoms with Crippen molar-refractivity contribution in [3.8, 4) is 0 Å². The molecule has 2 amide bonds. The van der Waals surface area contributed by atoms with E-state index in [4.69, 9.17) is 23.2 Å². The first-order chi connectivity index (χ1) is 21.6. The first-order valence-corrected chi connectivity index (χ1v) is 17.6. The molecule has 242 valence electrons. The van der Waals surface area contributed by atoms with E-state index in [1.807, 2.05) is 58.0 Å². The summed E-state index contributed by atoms with van der Waals surface area (Å²) >= 11 is 16.2. The fourth-order valence-corrected chi connectivity index (χ4v) is 7.10. The van der Waals surface area contributed by atoms with Crippen molar-refractivity contribution in [3.63, 3.8) is 0 Å². The van der Waals surface area contributed by atoms with E-state index in [1.54, 1.807) is 54.6 Å². The summed E-state index contributed by atoms with van der Waals surface area (Å²) in [5.74, 6) is -0.975. The summed E-state index contributed by atoms with van der Waals surface area (Å²) < 4.78 is 30.1. The molecule has 0 spiro atoms. The molecular formula is C35H36BrCl2N3O4S. The van der Waals surface area contributed by atoms with Gasteiger partial charge in [-0.2, -0.15) is 0 Å².